The van der Waals surface area contributed by atoms with E-state index in [0.717, 1.165) is 0 Å². The van der Waals surface area contributed by atoms with E-state index in [-0.39, 0.29) is 17.8 Å². The molecular formula is C11H27O4PSi. The molecule has 0 saturated heterocycles. The normalized spacial score (nSPS) is 16.9. The van der Waals surface area contributed by atoms with E-state index in [0.29, 0.717) is 13.0 Å². The lowest BCUT2D eigenvalue weighted by Crippen LogP contribution is -2.41. The number of hydrogen-bond acceptors (Lipinski definition) is 3. The molecule has 0 radical (unpaired) electrons. The molecule has 1 N–H and O–H groups in total. The molecule has 17 heavy (non-hydrogen) atoms. The van der Waals surface area contributed by atoms with Crippen LogP contribution in [0.1, 0.15) is 34.1 Å². The van der Waals surface area contributed by atoms with Gasteiger partial charge in [0.25, 0.3) is 0 Å². The van der Waals surface area contributed by atoms with Crippen LogP contribution in [0, 0.1) is 0 Å². The second-order valence-electron chi connectivity index (χ2n) is 5.74. The van der Waals surface area contributed by atoms with Crippen LogP contribution < -0.4 is 0 Å². The first-order chi connectivity index (χ1) is 7.52. The Morgan fingerprint density at radius 3 is 2.24 bits per heavy atom. The summed E-state index contributed by atoms with van der Waals surface area (Å²) in [6, 6.07) is 0. The van der Waals surface area contributed by atoms with Crippen LogP contribution >= 0.6 is 7.60 Å². The Hall–Kier alpha value is 0.327. The van der Waals surface area contributed by atoms with Gasteiger partial charge in [0, 0.05) is 6.61 Å². The Morgan fingerprint density at radius 1 is 1.29 bits per heavy atom. The molecule has 0 rings (SSSR count). The molecule has 1 unspecified atom stereocenters. The van der Waals surface area contributed by atoms with Gasteiger partial charge >= 0.3 is 7.60 Å². The molecule has 0 aromatic carbocycles. The third-order valence-corrected chi connectivity index (χ3v) is 9.27. The van der Waals surface area contributed by atoms with Crippen LogP contribution in [0.15, 0.2) is 0 Å². The maximum absolute atomic E-state index is 11.4. The van der Waals surface area contributed by atoms with Crippen molar-refractivity contribution < 1.29 is 18.4 Å². The molecule has 1 atom stereocenters. The zero-order valence-corrected chi connectivity index (χ0v) is 13.8. The second kappa shape index (κ2) is 6.48. The van der Waals surface area contributed by atoms with Crippen molar-refractivity contribution >= 4 is 15.9 Å². The SMILES string of the molecule is CCOP(=O)(O)CCCO[Si](C)(C)C(C)(C)C. The molecule has 4 nitrogen and oxygen atoms in total. The standard InChI is InChI=1S/C11H27O4PSi/c1-7-14-16(12,13)10-8-9-15-17(5,6)11(2,3)4/h7-10H2,1-6H3,(H,12,13). The lowest BCUT2D eigenvalue weighted by atomic mass is 10.2. The van der Waals surface area contributed by atoms with Crippen molar-refractivity contribution in [2.75, 3.05) is 19.4 Å². The van der Waals surface area contributed by atoms with E-state index in [2.05, 4.69) is 33.9 Å². The van der Waals surface area contributed by atoms with E-state index in [1.54, 1.807) is 6.92 Å². The third kappa shape index (κ3) is 6.72. The van der Waals surface area contributed by atoms with Gasteiger partial charge in [-0.1, -0.05) is 20.8 Å². The summed E-state index contributed by atoms with van der Waals surface area (Å²) in [6.45, 7) is 13.4. The van der Waals surface area contributed by atoms with Gasteiger partial charge in [-0.3, -0.25) is 4.57 Å². The van der Waals surface area contributed by atoms with Crippen LogP contribution in [-0.4, -0.2) is 32.6 Å². The first-order valence-electron chi connectivity index (χ1n) is 6.12. The molecule has 0 aliphatic carbocycles. The van der Waals surface area contributed by atoms with Gasteiger partial charge in [0.05, 0.1) is 12.8 Å². The van der Waals surface area contributed by atoms with E-state index in [1.165, 1.54) is 0 Å². The Morgan fingerprint density at radius 2 is 1.82 bits per heavy atom. The summed E-state index contributed by atoms with van der Waals surface area (Å²) in [5, 5.41) is 0.176. The van der Waals surface area contributed by atoms with Gasteiger partial charge in [0.2, 0.25) is 0 Å². The van der Waals surface area contributed by atoms with Crippen LogP contribution in [0.3, 0.4) is 0 Å². The summed E-state index contributed by atoms with van der Waals surface area (Å²) >= 11 is 0. The molecule has 0 aromatic rings. The summed E-state index contributed by atoms with van der Waals surface area (Å²) < 4.78 is 22.1. The molecule has 0 fully saturated rings. The van der Waals surface area contributed by atoms with Crippen molar-refractivity contribution in [2.24, 2.45) is 0 Å². The van der Waals surface area contributed by atoms with Crippen LogP contribution in [-0.2, 0) is 13.5 Å². The highest BCUT2D eigenvalue weighted by molar-refractivity contribution is 7.52. The van der Waals surface area contributed by atoms with Crippen LogP contribution in [0.2, 0.25) is 18.1 Å². The molecule has 0 aromatic heterocycles. The highest BCUT2D eigenvalue weighted by Gasteiger charge is 2.36. The summed E-state index contributed by atoms with van der Waals surface area (Å²) in [7, 11) is -5.11. The number of hydrogen-bond donors (Lipinski definition) is 1. The van der Waals surface area contributed by atoms with Gasteiger partial charge in [0.1, 0.15) is 0 Å². The quantitative estimate of drug-likeness (QED) is 0.440. The Balaban J connectivity index is 3.98. The van der Waals surface area contributed by atoms with Gasteiger partial charge in [0.15, 0.2) is 8.32 Å². The largest absolute Gasteiger partial charge is 0.417 e. The first kappa shape index (κ1) is 17.3. The molecule has 0 amide bonds. The molecule has 0 heterocycles. The van der Waals surface area contributed by atoms with E-state index < -0.39 is 15.9 Å². The Labute approximate surface area is 106 Å². The molecule has 0 aliphatic heterocycles. The fraction of sp³-hybridized carbons (Fsp3) is 1.00. The zero-order valence-electron chi connectivity index (χ0n) is 11.9. The van der Waals surface area contributed by atoms with Crippen molar-refractivity contribution in [2.45, 2.75) is 52.2 Å². The van der Waals surface area contributed by atoms with Crippen LogP contribution in [0.5, 0.6) is 0 Å². The fourth-order valence-electron chi connectivity index (χ4n) is 1.07. The molecule has 6 heteroatoms. The first-order valence-corrected chi connectivity index (χ1v) is 10.8. The predicted octanol–water partition coefficient (Wildman–Crippen LogP) is 3.62. The van der Waals surface area contributed by atoms with Crippen LogP contribution in [0.4, 0.5) is 0 Å². The minimum atomic E-state index is -3.38. The van der Waals surface area contributed by atoms with E-state index in [9.17, 15) is 9.46 Å². The molecule has 0 bridgehead atoms. The monoisotopic (exact) mass is 282 g/mol. The average Bonchev–Trinajstić information content (AvgIpc) is 2.10. The minimum absolute atomic E-state index is 0.176. The second-order valence-corrected chi connectivity index (χ2v) is 12.5. The lowest BCUT2D eigenvalue weighted by Gasteiger charge is -2.36. The Kier molecular flexibility index (Phi) is 6.61. The summed E-state index contributed by atoms with van der Waals surface area (Å²) in [4.78, 5) is 9.39. The van der Waals surface area contributed by atoms with Gasteiger partial charge in [-0.05, 0) is 31.5 Å². The maximum atomic E-state index is 11.4. The number of rotatable bonds is 7. The van der Waals surface area contributed by atoms with Crippen molar-refractivity contribution in [1.29, 1.82) is 0 Å². The fourth-order valence-corrected chi connectivity index (χ4v) is 3.22. The summed E-state index contributed by atoms with van der Waals surface area (Å²) in [5.74, 6) is 0. The van der Waals surface area contributed by atoms with Crippen molar-refractivity contribution in [3.63, 3.8) is 0 Å². The van der Waals surface area contributed by atoms with Gasteiger partial charge in [-0.2, -0.15) is 0 Å². The highest BCUT2D eigenvalue weighted by Crippen LogP contribution is 2.42. The summed E-state index contributed by atoms with van der Waals surface area (Å²) in [5.41, 5.74) is 0. The summed E-state index contributed by atoms with van der Waals surface area (Å²) in [6.07, 6.45) is 0.746. The smallest absolute Gasteiger partial charge is 0.328 e. The zero-order chi connectivity index (χ0) is 13.7. The van der Waals surface area contributed by atoms with Crippen molar-refractivity contribution in [1.82, 2.24) is 0 Å². The van der Waals surface area contributed by atoms with Gasteiger partial charge < -0.3 is 13.8 Å². The average molecular weight is 282 g/mol. The van der Waals surface area contributed by atoms with Crippen molar-refractivity contribution in [3.8, 4) is 0 Å². The molecule has 0 aliphatic rings. The third-order valence-electron chi connectivity index (χ3n) is 3.18. The molecule has 104 valence electrons. The topological polar surface area (TPSA) is 55.8 Å². The van der Waals surface area contributed by atoms with E-state index in [4.69, 9.17) is 8.95 Å². The van der Waals surface area contributed by atoms with E-state index >= 15 is 0 Å². The predicted molar refractivity (Wildman–Crippen MR) is 74.1 cm³/mol. The van der Waals surface area contributed by atoms with Crippen molar-refractivity contribution in [3.05, 3.63) is 0 Å². The molecule has 0 saturated carbocycles. The van der Waals surface area contributed by atoms with Crippen LogP contribution in [0.25, 0.3) is 0 Å². The Bertz CT molecular complexity index is 273. The molecular weight excluding hydrogens is 255 g/mol. The lowest BCUT2D eigenvalue weighted by molar-refractivity contribution is 0.259. The van der Waals surface area contributed by atoms with Gasteiger partial charge in [-0.15, -0.1) is 0 Å². The maximum Gasteiger partial charge on any atom is 0.328 e. The highest BCUT2D eigenvalue weighted by atomic mass is 31.2. The minimum Gasteiger partial charge on any atom is -0.417 e. The molecule has 0 spiro atoms. The van der Waals surface area contributed by atoms with E-state index in [1.807, 2.05) is 0 Å². The van der Waals surface area contributed by atoms with Gasteiger partial charge in [-0.25, -0.2) is 0 Å².